The molecule has 0 spiro atoms. The minimum atomic E-state index is -0.469. The van der Waals surface area contributed by atoms with Crippen molar-refractivity contribution in [2.75, 3.05) is 0 Å². The number of pyridine rings is 1. The maximum atomic E-state index is 11.0. The highest BCUT2D eigenvalue weighted by molar-refractivity contribution is 6.30. The number of aromatic nitrogens is 1. The van der Waals surface area contributed by atoms with Gasteiger partial charge in [0.2, 0.25) is 0 Å². The van der Waals surface area contributed by atoms with Crippen LogP contribution in [0.2, 0.25) is 5.02 Å². The van der Waals surface area contributed by atoms with E-state index < -0.39 is 4.92 Å². The first-order valence-corrected chi connectivity index (χ1v) is 6.10. The zero-order chi connectivity index (χ0) is 13.2. The second kappa shape index (κ2) is 5.65. The fourth-order valence-corrected chi connectivity index (χ4v) is 2.47. The highest BCUT2D eigenvalue weighted by Gasteiger charge is 2.30. The summed E-state index contributed by atoms with van der Waals surface area (Å²) >= 11 is 11.8. The van der Waals surface area contributed by atoms with Gasteiger partial charge in [-0.05, 0) is 12.8 Å². The molecule has 1 aromatic rings. The molecule has 1 aromatic heterocycles. The van der Waals surface area contributed by atoms with Gasteiger partial charge in [-0.3, -0.25) is 15.1 Å². The third-order valence-electron chi connectivity index (χ3n) is 2.59. The van der Waals surface area contributed by atoms with E-state index in [1.165, 1.54) is 12.3 Å². The normalized spacial score (nSPS) is 14.7. The van der Waals surface area contributed by atoms with E-state index in [9.17, 15) is 10.1 Å². The van der Waals surface area contributed by atoms with Crippen LogP contribution >= 0.6 is 23.2 Å². The first kappa shape index (κ1) is 14.2. The minimum Gasteiger partial charge on any atom is -0.258 e. The molecule has 94 valence electrons. The Morgan fingerprint density at radius 3 is 2.41 bits per heavy atom. The maximum absolute atomic E-state index is 11.0. The van der Waals surface area contributed by atoms with E-state index in [1.807, 2.05) is 20.8 Å². The zero-order valence-electron chi connectivity index (χ0n) is 9.85. The van der Waals surface area contributed by atoms with E-state index in [4.69, 9.17) is 23.2 Å². The van der Waals surface area contributed by atoms with Gasteiger partial charge in [-0.25, -0.2) is 0 Å². The lowest BCUT2D eigenvalue weighted by atomic mass is 9.88. The molecule has 0 saturated carbocycles. The predicted octanol–water partition coefficient (Wildman–Crippen LogP) is 4.01. The molecule has 4 nitrogen and oxygen atoms in total. The summed E-state index contributed by atoms with van der Waals surface area (Å²) in [5, 5.41) is 11.0. The zero-order valence-corrected chi connectivity index (χ0v) is 11.4. The molecule has 6 heteroatoms. The summed E-state index contributed by atoms with van der Waals surface area (Å²) in [5.41, 5.74) is 0.334. The van der Waals surface area contributed by atoms with E-state index in [2.05, 4.69) is 4.98 Å². The molecule has 0 aliphatic rings. The molecule has 0 N–H and O–H groups in total. The molecule has 17 heavy (non-hydrogen) atoms. The molecule has 0 aliphatic carbocycles. The maximum Gasteiger partial charge on any atom is 0.292 e. The number of nitrogens with zero attached hydrogens (tertiary/aromatic N) is 2. The number of hydrogen-bond acceptors (Lipinski definition) is 3. The van der Waals surface area contributed by atoms with Crippen LogP contribution in [0.3, 0.4) is 0 Å². The standard InChI is InChI=1S/C11H14Cl2N2O2/c1-6(2)10(7(3)12)11-9(15(16)17)4-8(13)5-14-11/h4-7,10H,1-3H3. The van der Waals surface area contributed by atoms with E-state index in [0.717, 1.165) is 0 Å². The molecule has 0 radical (unpaired) electrons. The van der Waals surface area contributed by atoms with Crippen molar-refractivity contribution >= 4 is 28.9 Å². The average molecular weight is 277 g/mol. The Kier molecular flexibility index (Phi) is 4.71. The second-order valence-corrected chi connectivity index (χ2v) is 5.39. The van der Waals surface area contributed by atoms with Crippen LogP contribution in [0.25, 0.3) is 0 Å². The van der Waals surface area contributed by atoms with Gasteiger partial charge in [0.15, 0.2) is 0 Å². The second-order valence-electron chi connectivity index (χ2n) is 4.26. The number of rotatable bonds is 4. The van der Waals surface area contributed by atoms with E-state index in [-0.39, 0.29) is 27.9 Å². The van der Waals surface area contributed by atoms with Crippen molar-refractivity contribution in [2.45, 2.75) is 32.1 Å². The van der Waals surface area contributed by atoms with Crippen LogP contribution in [-0.2, 0) is 0 Å². The monoisotopic (exact) mass is 276 g/mol. The Balaban J connectivity index is 3.32. The molecular formula is C11H14Cl2N2O2. The van der Waals surface area contributed by atoms with Crippen LogP contribution in [0.5, 0.6) is 0 Å². The third-order valence-corrected chi connectivity index (χ3v) is 3.07. The number of nitro groups is 1. The molecule has 0 fully saturated rings. The van der Waals surface area contributed by atoms with Crippen LogP contribution in [0, 0.1) is 16.0 Å². The molecule has 0 bridgehead atoms. The SMILES string of the molecule is CC(C)C(c1ncc(Cl)cc1[N+](=O)[O-])C(C)Cl. The fourth-order valence-electron chi connectivity index (χ4n) is 1.91. The van der Waals surface area contributed by atoms with Gasteiger partial charge in [0.1, 0.15) is 5.69 Å². The molecule has 1 heterocycles. The third kappa shape index (κ3) is 3.30. The van der Waals surface area contributed by atoms with Gasteiger partial charge in [-0.15, -0.1) is 11.6 Å². The first-order valence-electron chi connectivity index (χ1n) is 5.28. The summed E-state index contributed by atoms with van der Waals surface area (Å²) in [6, 6.07) is 1.32. The summed E-state index contributed by atoms with van der Waals surface area (Å²) in [4.78, 5) is 14.6. The number of halogens is 2. The van der Waals surface area contributed by atoms with Crippen molar-refractivity contribution in [2.24, 2.45) is 5.92 Å². The minimum absolute atomic E-state index is 0.0660. The van der Waals surface area contributed by atoms with Gasteiger partial charge in [0.05, 0.1) is 9.95 Å². The quantitative estimate of drug-likeness (QED) is 0.474. The van der Waals surface area contributed by atoms with E-state index in [0.29, 0.717) is 5.69 Å². The molecule has 2 atom stereocenters. The average Bonchev–Trinajstić information content (AvgIpc) is 2.19. The van der Waals surface area contributed by atoms with Crippen LogP contribution in [0.1, 0.15) is 32.4 Å². The highest BCUT2D eigenvalue weighted by atomic mass is 35.5. The lowest BCUT2D eigenvalue weighted by Crippen LogP contribution is -2.18. The summed E-state index contributed by atoms with van der Waals surface area (Å²) in [6.07, 6.45) is 1.42. The Morgan fingerprint density at radius 2 is 2.00 bits per heavy atom. The van der Waals surface area contributed by atoms with Crippen LogP contribution in [0.4, 0.5) is 5.69 Å². The Labute approximate surface area is 110 Å². The van der Waals surface area contributed by atoms with Crippen molar-refractivity contribution in [1.29, 1.82) is 0 Å². The molecule has 1 rings (SSSR count). The molecule has 2 unspecified atom stereocenters. The predicted molar refractivity (Wildman–Crippen MR) is 68.8 cm³/mol. The van der Waals surface area contributed by atoms with Crippen LogP contribution in [0.15, 0.2) is 12.3 Å². The first-order chi connectivity index (χ1) is 7.84. The van der Waals surface area contributed by atoms with Crippen molar-refractivity contribution in [3.63, 3.8) is 0 Å². The van der Waals surface area contributed by atoms with Crippen molar-refractivity contribution < 1.29 is 4.92 Å². The van der Waals surface area contributed by atoms with Gasteiger partial charge in [-0.1, -0.05) is 25.4 Å². The molecule has 0 aliphatic heterocycles. The van der Waals surface area contributed by atoms with Crippen molar-refractivity contribution in [3.8, 4) is 0 Å². The van der Waals surface area contributed by atoms with Gasteiger partial charge in [-0.2, -0.15) is 0 Å². The van der Waals surface area contributed by atoms with Crippen molar-refractivity contribution in [3.05, 3.63) is 33.1 Å². The Bertz CT molecular complexity index is 414. The Hall–Kier alpha value is -0.870. The number of alkyl halides is 1. The summed E-state index contributed by atoms with van der Waals surface area (Å²) in [6.45, 7) is 5.74. The number of hydrogen-bond donors (Lipinski definition) is 0. The van der Waals surface area contributed by atoms with Gasteiger partial charge in [0, 0.05) is 23.6 Å². The van der Waals surface area contributed by atoms with Crippen molar-refractivity contribution in [1.82, 2.24) is 4.98 Å². The molecule has 0 aromatic carbocycles. The van der Waals surface area contributed by atoms with Crippen LogP contribution < -0.4 is 0 Å². The largest absolute Gasteiger partial charge is 0.292 e. The van der Waals surface area contributed by atoms with E-state index >= 15 is 0 Å². The lowest BCUT2D eigenvalue weighted by Gasteiger charge is -2.22. The van der Waals surface area contributed by atoms with Gasteiger partial charge < -0.3 is 0 Å². The summed E-state index contributed by atoms with van der Waals surface area (Å²) < 4.78 is 0. The highest BCUT2D eigenvalue weighted by Crippen LogP contribution is 2.35. The summed E-state index contributed by atoms with van der Waals surface area (Å²) in [7, 11) is 0. The van der Waals surface area contributed by atoms with E-state index in [1.54, 1.807) is 0 Å². The topological polar surface area (TPSA) is 56.0 Å². The van der Waals surface area contributed by atoms with Gasteiger partial charge >= 0.3 is 0 Å². The van der Waals surface area contributed by atoms with Crippen LogP contribution in [-0.4, -0.2) is 15.3 Å². The summed E-state index contributed by atoms with van der Waals surface area (Å²) in [5.74, 6) is -0.00999. The lowest BCUT2D eigenvalue weighted by molar-refractivity contribution is -0.386. The molecule has 0 saturated heterocycles. The fraction of sp³-hybridized carbons (Fsp3) is 0.545. The Morgan fingerprint density at radius 1 is 1.41 bits per heavy atom. The molecule has 0 amide bonds. The smallest absolute Gasteiger partial charge is 0.258 e. The molecular weight excluding hydrogens is 263 g/mol. The van der Waals surface area contributed by atoms with Gasteiger partial charge in [0.25, 0.3) is 5.69 Å².